The van der Waals surface area contributed by atoms with Crippen LogP contribution in [0.5, 0.6) is 0 Å². The van der Waals surface area contributed by atoms with Crippen LogP contribution in [0.25, 0.3) is 0 Å². The van der Waals surface area contributed by atoms with Gasteiger partial charge in [0, 0.05) is 12.1 Å². The molecule has 1 fully saturated rings. The van der Waals surface area contributed by atoms with Crippen molar-refractivity contribution in [1.29, 1.82) is 0 Å². The topological polar surface area (TPSA) is 115 Å². The van der Waals surface area contributed by atoms with Gasteiger partial charge in [-0.25, -0.2) is 4.68 Å². The summed E-state index contributed by atoms with van der Waals surface area (Å²) >= 11 is 0. The maximum Gasteiger partial charge on any atom is 0.273 e. The minimum absolute atomic E-state index is 0. The number of nitro benzene ring substituents is 1. The number of rotatable bonds is 5. The van der Waals surface area contributed by atoms with E-state index < -0.39 is 4.92 Å². The number of non-ortho nitro benzene ring substituents is 1. The van der Waals surface area contributed by atoms with Crippen LogP contribution >= 0.6 is 12.4 Å². The van der Waals surface area contributed by atoms with Gasteiger partial charge in [-0.2, -0.15) is 0 Å². The largest absolute Gasteiger partial charge is 0.344 e. The van der Waals surface area contributed by atoms with Gasteiger partial charge in [-0.3, -0.25) is 14.9 Å². The normalized spacial score (nSPS) is 15.7. The molecule has 1 amide bonds. The molecule has 140 valence electrons. The third-order valence-electron chi connectivity index (χ3n) is 4.35. The summed E-state index contributed by atoms with van der Waals surface area (Å²) in [4.78, 5) is 22.8. The van der Waals surface area contributed by atoms with E-state index in [0.717, 1.165) is 25.9 Å². The predicted molar refractivity (Wildman–Crippen MR) is 97.4 cm³/mol. The fourth-order valence-corrected chi connectivity index (χ4v) is 2.89. The zero-order chi connectivity index (χ0) is 17.8. The van der Waals surface area contributed by atoms with Crippen molar-refractivity contribution in [2.24, 2.45) is 0 Å². The van der Waals surface area contributed by atoms with E-state index in [1.165, 1.54) is 12.1 Å². The van der Waals surface area contributed by atoms with Crippen LogP contribution in [-0.2, 0) is 0 Å². The highest BCUT2D eigenvalue weighted by Crippen LogP contribution is 2.20. The zero-order valence-corrected chi connectivity index (χ0v) is 15.1. The van der Waals surface area contributed by atoms with Crippen molar-refractivity contribution in [2.75, 3.05) is 13.1 Å². The van der Waals surface area contributed by atoms with Crippen molar-refractivity contribution in [3.8, 4) is 0 Å². The Morgan fingerprint density at radius 2 is 2.15 bits per heavy atom. The summed E-state index contributed by atoms with van der Waals surface area (Å²) in [6.45, 7) is 3.62. The summed E-state index contributed by atoms with van der Waals surface area (Å²) in [6.07, 6.45) is 3.56. The Bertz CT molecular complexity index is 775. The molecular weight excluding hydrogens is 360 g/mol. The van der Waals surface area contributed by atoms with Crippen LogP contribution in [0, 0.1) is 10.1 Å². The zero-order valence-electron chi connectivity index (χ0n) is 14.3. The van der Waals surface area contributed by atoms with Gasteiger partial charge in [-0.05, 0) is 38.4 Å². The van der Waals surface area contributed by atoms with Crippen molar-refractivity contribution in [1.82, 2.24) is 25.6 Å². The van der Waals surface area contributed by atoms with E-state index in [9.17, 15) is 14.9 Å². The number of benzene rings is 1. The highest BCUT2D eigenvalue weighted by atomic mass is 35.5. The highest BCUT2D eigenvalue weighted by molar-refractivity contribution is 5.92. The molecule has 0 aliphatic carbocycles. The third-order valence-corrected chi connectivity index (χ3v) is 4.35. The number of amides is 1. The molecule has 0 radical (unpaired) electrons. The standard InChI is InChI=1S/C16H20N6O3.ClH/c1-11(12-3-2-4-14(9-12)22(24)25)18-16(23)15-10-21(20-19-15)13-5-7-17-8-6-13;/h2-4,9-11,13,17H,5-8H2,1H3,(H,18,23);1H. The maximum atomic E-state index is 12.4. The fraction of sp³-hybridized carbons (Fsp3) is 0.438. The number of carbonyl (C=O) groups is 1. The molecular formula is C16H21ClN6O3. The molecule has 1 saturated heterocycles. The second-order valence-corrected chi connectivity index (χ2v) is 6.11. The van der Waals surface area contributed by atoms with Crippen molar-refractivity contribution in [2.45, 2.75) is 31.8 Å². The first-order valence-corrected chi connectivity index (χ1v) is 8.22. The van der Waals surface area contributed by atoms with Crippen molar-refractivity contribution < 1.29 is 9.72 Å². The number of halogens is 1. The monoisotopic (exact) mass is 380 g/mol. The van der Waals surface area contributed by atoms with Gasteiger partial charge in [0.1, 0.15) is 0 Å². The van der Waals surface area contributed by atoms with E-state index in [0.29, 0.717) is 5.56 Å². The van der Waals surface area contributed by atoms with Gasteiger partial charge in [0.15, 0.2) is 5.69 Å². The number of carbonyl (C=O) groups excluding carboxylic acids is 1. The Morgan fingerprint density at radius 3 is 2.85 bits per heavy atom. The second kappa shape index (κ2) is 8.72. The first-order chi connectivity index (χ1) is 12.0. The first kappa shape index (κ1) is 19.8. The van der Waals surface area contributed by atoms with E-state index in [1.807, 2.05) is 0 Å². The number of hydrogen-bond acceptors (Lipinski definition) is 6. The van der Waals surface area contributed by atoms with Crippen LogP contribution < -0.4 is 10.6 Å². The summed E-state index contributed by atoms with van der Waals surface area (Å²) in [5, 5.41) is 25.0. The quantitative estimate of drug-likeness (QED) is 0.605. The van der Waals surface area contributed by atoms with Gasteiger partial charge in [-0.15, -0.1) is 17.5 Å². The Kier molecular flexibility index (Phi) is 6.64. The Balaban J connectivity index is 0.00000243. The summed E-state index contributed by atoms with van der Waals surface area (Å²) in [5.74, 6) is -0.348. The third kappa shape index (κ3) is 4.55. The molecule has 1 aromatic heterocycles. The molecule has 1 aliphatic heterocycles. The molecule has 2 N–H and O–H groups in total. The number of nitro groups is 1. The molecule has 0 spiro atoms. The molecule has 9 nitrogen and oxygen atoms in total. The van der Waals surface area contributed by atoms with E-state index >= 15 is 0 Å². The summed E-state index contributed by atoms with van der Waals surface area (Å²) in [5.41, 5.74) is 0.902. The fourth-order valence-electron chi connectivity index (χ4n) is 2.89. The van der Waals surface area contributed by atoms with Crippen LogP contribution in [0.4, 0.5) is 5.69 Å². The van der Waals surface area contributed by atoms with Crippen LogP contribution in [0.15, 0.2) is 30.5 Å². The van der Waals surface area contributed by atoms with E-state index in [1.54, 1.807) is 29.9 Å². The van der Waals surface area contributed by atoms with Crippen molar-refractivity contribution >= 4 is 24.0 Å². The average Bonchev–Trinajstić information content (AvgIpc) is 3.13. The molecule has 1 unspecified atom stereocenters. The molecule has 26 heavy (non-hydrogen) atoms. The summed E-state index contributed by atoms with van der Waals surface area (Å²) in [6, 6.07) is 6.09. The van der Waals surface area contributed by atoms with Gasteiger partial charge in [-0.1, -0.05) is 17.3 Å². The van der Waals surface area contributed by atoms with Gasteiger partial charge in [0.25, 0.3) is 11.6 Å². The van der Waals surface area contributed by atoms with Gasteiger partial charge >= 0.3 is 0 Å². The van der Waals surface area contributed by atoms with Gasteiger partial charge in [0.05, 0.1) is 23.2 Å². The van der Waals surface area contributed by atoms with Crippen LogP contribution in [0.2, 0.25) is 0 Å². The lowest BCUT2D eigenvalue weighted by Crippen LogP contribution is -2.29. The number of nitrogens with zero attached hydrogens (tertiary/aromatic N) is 4. The lowest BCUT2D eigenvalue weighted by molar-refractivity contribution is -0.384. The molecule has 0 saturated carbocycles. The van der Waals surface area contributed by atoms with Crippen molar-refractivity contribution in [3.63, 3.8) is 0 Å². The number of nitrogens with one attached hydrogen (secondary N) is 2. The SMILES string of the molecule is CC(NC(=O)c1cn(C2CCNCC2)nn1)c1cccc([N+](=O)[O-])c1.Cl. The van der Waals surface area contributed by atoms with E-state index in [-0.39, 0.29) is 41.8 Å². The Labute approximate surface area is 156 Å². The van der Waals surface area contributed by atoms with E-state index in [4.69, 9.17) is 0 Å². The summed E-state index contributed by atoms with van der Waals surface area (Å²) in [7, 11) is 0. The lowest BCUT2D eigenvalue weighted by Gasteiger charge is -2.22. The molecule has 3 rings (SSSR count). The second-order valence-electron chi connectivity index (χ2n) is 6.11. The Hall–Kier alpha value is -2.52. The first-order valence-electron chi connectivity index (χ1n) is 8.22. The molecule has 1 atom stereocenters. The number of aromatic nitrogens is 3. The molecule has 1 aromatic carbocycles. The molecule has 1 aliphatic rings. The molecule has 10 heteroatoms. The van der Waals surface area contributed by atoms with Crippen LogP contribution in [0.3, 0.4) is 0 Å². The lowest BCUT2D eigenvalue weighted by atomic mass is 10.1. The minimum Gasteiger partial charge on any atom is -0.344 e. The van der Waals surface area contributed by atoms with Crippen LogP contribution in [0.1, 0.15) is 47.9 Å². The van der Waals surface area contributed by atoms with Gasteiger partial charge in [0.2, 0.25) is 0 Å². The smallest absolute Gasteiger partial charge is 0.273 e. The highest BCUT2D eigenvalue weighted by Gasteiger charge is 2.20. The minimum atomic E-state index is -0.456. The number of piperidine rings is 1. The predicted octanol–water partition coefficient (Wildman–Crippen LogP) is 2.02. The average molecular weight is 381 g/mol. The Morgan fingerprint density at radius 1 is 1.42 bits per heavy atom. The maximum absolute atomic E-state index is 12.4. The van der Waals surface area contributed by atoms with E-state index in [2.05, 4.69) is 20.9 Å². The van der Waals surface area contributed by atoms with Crippen molar-refractivity contribution in [3.05, 3.63) is 51.8 Å². The molecule has 0 bridgehead atoms. The molecule has 2 heterocycles. The van der Waals surface area contributed by atoms with Crippen LogP contribution in [-0.4, -0.2) is 38.9 Å². The molecule has 2 aromatic rings. The van der Waals surface area contributed by atoms with Gasteiger partial charge < -0.3 is 10.6 Å². The number of hydrogen-bond donors (Lipinski definition) is 2. The summed E-state index contributed by atoms with van der Waals surface area (Å²) < 4.78 is 1.74.